The first-order valence-electron chi connectivity index (χ1n) is 7.35. The van der Waals surface area contributed by atoms with Crippen LogP contribution in [0.5, 0.6) is 0 Å². The maximum atomic E-state index is 12.3. The summed E-state index contributed by atoms with van der Waals surface area (Å²) >= 11 is 0. The smallest absolute Gasteiger partial charge is 0.256 e. The van der Waals surface area contributed by atoms with Crippen LogP contribution in [-0.4, -0.2) is 16.7 Å². The second kappa shape index (κ2) is 5.00. The monoisotopic (exact) mass is 293 g/mol. The van der Waals surface area contributed by atoms with Gasteiger partial charge in [0, 0.05) is 17.4 Å². The number of furan rings is 1. The summed E-state index contributed by atoms with van der Waals surface area (Å²) in [7, 11) is 0. The largest absolute Gasteiger partial charge is 0.453 e. The quantitative estimate of drug-likeness (QED) is 0.608. The molecule has 22 heavy (non-hydrogen) atoms. The minimum atomic E-state index is -0.105. The zero-order chi connectivity index (χ0) is 15.1. The van der Waals surface area contributed by atoms with Crippen LogP contribution >= 0.6 is 0 Å². The van der Waals surface area contributed by atoms with Crippen molar-refractivity contribution in [3.8, 4) is 0 Å². The molecule has 4 nitrogen and oxygen atoms in total. The summed E-state index contributed by atoms with van der Waals surface area (Å²) < 4.78 is 6.10. The number of pyridine rings is 1. The molecule has 2 heterocycles. The number of nitrogens with one attached hydrogen (secondary N) is 1. The summed E-state index contributed by atoms with van der Waals surface area (Å²) in [5.74, 6) is 0. The van der Waals surface area contributed by atoms with Gasteiger partial charge in [-0.3, -0.25) is 4.79 Å². The molecule has 4 aromatic rings. The van der Waals surface area contributed by atoms with E-state index >= 15 is 0 Å². The SMILES string of the molecule is O=c1[nH]c2c3cccc(CCCO)c3oc2c2ccccc12. The highest BCUT2D eigenvalue weighted by molar-refractivity contribution is 6.12. The van der Waals surface area contributed by atoms with Gasteiger partial charge < -0.3 is 14.5 Å². The first-order chi connectivity index (χ1) is 10.8. The van der Waals surface area contributed by atoms with Crippen LogP contribution in [-0.2, 0) is 6.42 Å². The van der Waals surface area contributed by atoms with Crippen molar-refractivity contribution in [2.45, 2.75) is 12.8 Å². The van der Waals surface area contributed by atoms with Crippen molar-refractivity contribution in [1.29, 1.82) is 0 Å². The first kappa shape index (κ1) is 13.1. The number of H-pyrrole nitrogens is 1. The van der Waals surface area contributed by atoms with Gasteiger partial charge in [-0.15, -0.1) is 0 Å². The Balaban J connectivity index is 2.13. The Morgan fingerprint density at radius 3 is 2.55 bits per heavy atom. The lowest BCUT2D eigenvalue weighted by molar-refractivity contribution is 0.288. The van der Waals surface area contributed by atoms with E-state index in [4.69, 9.17) is 9.52 Å². The number of rotatable bonds is 3. The van der Waals surface area contributed by atoms with Crippen molar-refractivity contribution in [3.05, 3.63) is 58.4 Å². The molecule has 0 spiro atoms. The molecule has 4 heteroatoms. The lowest BCUT2D eigenvalue weighted by Crippen LogP contribution is -2.05. The van der Waals surface area contributed by atoms with Gasteiger partial charge in [-0.2, -0.15) is 0 Å². The van der Waals surface area contributed by atoms with Gasteiger partial charge in [0.2, 0.25) is 0 Å². The van der Waals surface area contributed by atoms with Gasteiger partial charge >= 0.3 is 0 Å². The highest BCUT2D eigenvalue weighted by Gasteiger charge is 2.14. The van der Waals surface area contributed by atoms with Gasteiger partial charge in [-0.25, -0.2) is 0 Å². The second-order valence-electron chi connectivity index (χ2n) is 5.43. The molecule has 0 aliphatic heterocycles. The number of aliphatic hydroxyl groups excluding tert-OH is 1. The Morgan fingerprint density at radius 2 is 1.73 bits per heavy atom. The van der Waals surface area contributed by atoms with E-state index in [1.807, 2.05) is 36.4 Å². The third-order valence-electron chi connectivity index (χ3n) is 4.06. The van der Waals surface area contributed by atoms with Crippen LogP contribution in [0.4, 0.5) is 0 Å². The zero-order valence-electron chi connectivity index (χ0n) is 11.9. The van der Waals surface area contributed by atoms with Crippen LogP contribution in [0.15, 0.2) is 51.7 Å². The summed E-state index contributed by atoms with van der Waals surface area (Å²) in [6.07, 6.45) is 1.43. The third kappa shape index (κ3) is 1.84. The molecule has 0 saturated heterocycles. The van der Waals surface area contributed by atoms with Crippen LogP contribution in [0, 0.1) is 0 Å². The van der Waals surface area contributed by atoms with Gasteiger partial charge in [0.1, 0.15) is 5.58 Å². The Hall–Kier alpha value is -2.59. The van der Waals surface area contributed by atoms with E-state index in [1.165, 1.54) is 0 Å². The number of hydrogen-bond acceptors (Lipinski definition) is 3. The molecule has 2 aromatic heterocycles. The maximum absolute atomic E-state index is 12.3. The van der Waals surface area contributed by atoms with Crippen molar-refractivity contribution < 1.29 is 9.52 Å². The van der Waals surface area contributed by atoms with E-state index in [1.54, 1.807) is 6.07 Å². The van der Waals surface area contributed by atoms with E-state index in [9.17, 15) is 4.79 Å². The van der Waals surface area contributed by atoms with Gasteiger partial charge in [0.25, 0.3) is 5.56 Å². The van der Waals surface area contributed by atoms with Crippen molar-refractivity contribution in [3.63, 3.8) is 0 Å². The molecule has 0 amide bonds. The number of para-hydroxylation sites is 1. The fourth-order valence-electron chi connectivity index (χ4n) is 3.02. The van der Waals surface area contributed by atoms with Crippen LogP contribution in [0.25, 0.3) is 32.8 Å². The topological polar surface area (TPSA) is 66.2 Å². The number of hydrogen-bond donors (Lipinski definition) is 2. The minimum absolute atomic E-state index is 0.105. The van der Waals surface area contributed by atoms with Gasteiger partial charge in [-0.05, 0) is 30.5 Å². The van der Waals surface area contributed by atoms with Crippen LogP contribution in [0.3, 0.4) is 0 Å². The van der Waals surface area contributed by atoms with E-state index in [0.717, 1.165) is 33.9 Å². The van der Waals surface area contributed by atoms with E-state index in [-0.39, 0.29) is 12.2 Å². The minimum Gasteiger partial charge on any atom is -0.453 e. The summed E-state index contributed by atoms with van der Waals surface area (Å²) in [5, 5.41) is 11.4. The molecular weight excluding hydrogens is 278 g/mol. The predicted molar refractivity (Wildman–Crippen MR) is 87.3 cm³/mol. The maximum Gasteiger partial charge on any atom is 0.256 e. The Labute approximate surface area is 126 Å². The summed E-state index contributed by atoms with van der Waals surface area (Å²) in [6.45, 7) is 0.149. The Morgan fingerprint density at radius 1 is 0.955 bits per heavy atom. The lowest BCUT2D eigenvalue weighted by atomic mass is 10.1. The highest BCUT2D eigenvalue weighted by Crippen LogP contribution is 2.33. The molecule has 0 aliphatic carbocycles. The van der Waals surface area contributed by atoms with Gasteiger partial charge in [-0.1, -0.05) is 30.3 Å². The average molecular weight is 293 g/mol. The number of fused-ring (bicyclic) bond motifs is 5. The highest BCUT2D eigenvalue weighted by atomic mass is 16.3. The zero-order valence-corrected chi connectivity index (χ0v) is 11.9. The van der Waals surface area contributed by atoms with Gasteiger partial charge in [0.15, 0.2) is 5.58 Å². The molecule has 0 fully saturated rings. The molecule has 0 aliphatic rings. The number of aromatic nitrogens is 1. The van der Waals surface area contributed by atoms with Crippen LogP contribution < -0.4 is 5.56 Å². The van der Waals surface area contributed by atoms with E-state index < -0.39 is 0 Å². The fourth-order valence-corrected chi connectivity index (χ4v) is 3.02. The molecule has 2 aromatic carbocycles. The molecule has 0 bridgehead atoms. The molecule has 0 saturated carbocycles. The van der Waals surface area contributed by atoms with E-state index in [2.05, 4.69) is 4.98 Å². The number of aryl methyl sites for hydroxylation is 1. The Bertz CT molecular complexity index is 1040. The number of aliphatic hydroxyl groups is 1. The number of aromatic amines is 1. The normalized spacial score (nSPS) is 11.7. The molecule has 0 unspecified atom stereocenters. The summed E-state index contributed by atoms with van der Waals surface area (Å²) in [5.41, 5.74) is 3.18. The average Bonchev–Trinajstić information content (AvgIpc) is 2.93. The van der Waals surface area contributed by atoms with Crippen molar-refractivity contribution in [1.82, 2.24) is 4.98 Å². The first-order valence-corrected chi connectivity index (χ1v) is 7.35. The molecule has 110 valence electrons. The molecule has 0 atom stereocenters. The second-order valence-corrected chi connectivity index (χ2v) is 5.43. The van der Waals surface area contributed by atoms with Crippen LogP contribution in [0.1, 0.15) is 12.0 Å². The van der Waals surface area contributed by atoms with Crippen molar-refractivity contribution >= 4 is 32.8 Å². The van der Waals surface area contributed by atoms with Gasteiger partial charge in [0.05, 0.1) is 10.9 Å². The number of benzene rings is 2. The summed E-state index contributed by atoms with van der Waals surface area (Å²) in [6, 6.07) is 13.4. The molecule has 0 radical (unpaired) electrons. The Kier molecular flexibility index (Phi) is 2.98. The van der Waals surface area contributed by atoms with Crippen LogP contribution in [0.2, 0.25) is 0 Å². The van der Waals surface area contributed by atoms with Crippen molar-refractivity contribution in [2.75, 3.05) is 6.61 Å². The standard InChI is InChI=1S/C18H15NO3/c20-10-4-6-11-5-3-9-14-15-17(22-16(11)14)12-7-1-2-8-13(12)18(21)19-15/h1-3,5,7-9,20H,4,6,10H2,(H,19,21). The fraction of sp³-hybridized carbons (Fsp3) is 0.167. The molecule has 4 rings (SSSR count). The summed E-state index contributed by atoms with van der Waals surface area (Å²) in [4.78, 5) is 15.2. The van der Waals surface area contributed by atoms with Crippen molar-refractivity contribution in [2.24, 2.45) is 0 Å². The predicted octanol–water partition coefficient (Wildman–Crippen LogP) is 3.35. The van der Waals surface area contributed by atoms with E-state index in [0.29, 0.717) is 17.4 Å². The molecule has 2 N–H and O–H groups in total. The molecular formula is C18H15NO3. The lowest BCUT2D eigenvalue weighted by Gasteiger charge is -1.99. The third-order valence-corrected chi connectivity index (χ3v) is 4.06.